The van der Waals surface area contributed by atoms with E-state index in [-0.39, 0.29) is 11.9 Å². The molecule has 7 nitrogen and oxygen atoms in total. The zero-order chi connectivity index (χ0) is 17.4. The van der Waals surface area contributed by atoms with E-state index in [4.69, 9.17) is 0 Å². The second-order valence-corrected chi connectivity index (χ2v) is 6.19. The molecule has 8 heteroatoms. The molecular weight excluding hydrogens is 323 g/mol. The van der Waals surface area contributed by atoms with Crippen molar-refractivity contribution in [1.29, 1.82) is 0 Å². The van der Waals surface area contributed by atoms with Gasteiger partial charge in [-0.1, -0.05) is 13.3 Å². The molecule has 0 spiro atoms. The number of aryl methyl sites for hydroxylation is 1. The third-order valence-corrected chi connectivity index (χ3v) is 4.61. The molecule has 1 N–H and O–H groups in total. The van der Waals surface area contributed by atoms with Crippen molar-refractivity contribution < 1.29 is 9.18 Å². The fourth-order valence-electron chi connectivity index (χ4n) is 3.50. The van der Waals surface area contributed by atoms with Gasteiger partial charge in [0.2, 0.25) is 5.95 Å². The first-order chi connectivity index (χ1) is 12.2. The van der Waals surface area contributed by atoms with E-state index in [1.165, 1.54) is 11.3 Å². The molecule has 0 aromatic carbocycles. The molecule has 1 aliphatic carbocycles. The Bertz CT molecular complexity index is 936. The van der Waals surface area contributed by atoms with Gasteiger partial charge in [-0.15, -0.1) is 10.2 Å². The number of nitrogens with one attached hydrogen (secondary N) is 1. The van der Waals surface area contributed by atoms with Crippen LogP contribution < -0.4 is 5.32 Å². The van der Waals surface area contributed by atoms with Gasteiger partial charge in [0.05, 0.1) is 18.0 Å². The summed E-state index contributed by atoms with van der Waals surface area (Å²) in [6.45, 7) is 2.16. The Labute approximate surface area is 143 Å². The quantitative estimate of drug-likeness (QED) is 0.789. The number of rotatable bonds is 4. The fourth-order valence-corrected chi connectivity index (χ4v) is 3.50. The minimum Gasteiger partial charge on any atom is -0.290 e. The van der Waals surface area contributed by atoms with Crippen molar-refractivity contribution in [3.8, 4) is 0 Å². The summed E-state index contributed by atoms with van der Waals surface area (Å²) in [6.07, 6.45) is 7.87. The van der Waals surface area contributed by atoms with Crippen molar-refractivity contribution in [2.75, 3.05) is 5.32 Å². The van der Waals surface area contributed by atoms with E-state index >= 15 is 0 Å². The Kier molecular flexibility index (Phi) is 3.87. The second-order valence-electron chi connectivity index (χ2n) is 6.19. The highest BCUT2D eigenvalue weighted by Gasteiger charge is 2.27. The number of carbonyl (C=O) groups excluding carboxylic acids is 1. The van der Waals surface area contributed by atoms with Gasteiger partial charge in [-0.05, 0) is 36.8 Å². The van der Waals surface area contributed by atoms with E-state index in [9.17, 15) is 9.18 Å². The second kappa shape index (κ2) is 6.19. The van der Waals surface area contributed by atoms with E-state index in [2.05, 4.69) is 32.4 Å². The lowest BCUT2D eigenvalue weighted by molar-refractivity contribution is 0.102. The van der Waals surface area contributed by atoms with Crippen molar-refractivity contribution in [3.05, 3.63) is 47.4 Å². The molecule has 0 bridgehead atoms. The molecule has 25 heavy (non-hydrogen) atoms. The normalized spacial score (nSPS) is 16.2. The molecule has 0 saturated carbocycles. The number of halogens is 1. The van der Waals surface area contributed by atoms with Gasteiger partial charge in [-0.2, -0.15) is 0 Å². The number of amides is 1. The number of anilines is 1. The van der Waals surface area contributed by atoms with Crippen LogP contribution >= 0.6 is 0 Å². The molecule has 1 aliphatic rings. The summed E-state index contributed by atoms with van der Waals surface area (Å²) in [7, 11) is 0. The van der Waals surface area contributed by atoms with Gasteiger partial charge in [0.25, 0.3) is 5.91 Å². The summed E-state index contributed by atoms with van der Waals surface area (Å²) in [6, 6.07) is 1.91. The molecule has 0 radical (unpaired) electrons. The van der Waals surface area contributed by atoms with Crippen molar-refractivity contribution in [1.82, 2.24) is 24.6 Å². The Hall–Kier alpha value is -2.90. The van der Waals surface area contributed by atoms with Crippen LogP contribution in [0.2, 0.25) is 0 Å². The Balaban J connectivity index is 1.74. The lowest BCUT2D eigenvalue weighted by Crippen LogP contribution is -2.17. The number of aromatic nitrogens is 5. The minimum absolute atomic E-state index is 0.0506. The number of pyridine rings is 1. The maximum Gasteiger partial charge on any atom is 0.261 e. The number of hydrogen-bond acceptors (Lipinski definition) is 5. The average Bonchev–Trinajstić information content (AvgIpc) is 3.23. The van der Waals surface area contributed by atoms with Crippen LogP contribution in [-0.4, -0.2) is 30.5 Å². The summed E-state index contributed by atoms with van der Waals surface area (Å²) in [4.78, 5) is 20.2. The van der Waals surface area contributed by atoms with Crippen LogP contribution in [-0.2, 0) is 6.42 Å². The smallest absolute Gasteiger partial charge is 0.261 e. The van der Waals surface area contributed by atoms with Crippen LogP contribution in [0.4, 0.5) is 10.3 Å². The summed E-state index contributed by atoms with van der Waals surface area (Å²) in [5.41, 5.74) is 3.29. The summed E-state index contributed by atoms with van der Waals surface area (Å²) in [5.74, 6) is -0.442. The standard InChI is InChI=1S/C17H17FN6O/c1-2-3-10-4-5-14-12(10)6-13(15-23-21-9-24(14)15)16(25)22-17-19-7-11(18)8-20-17/h6-10H,2-5H2,1H3,(H,19,20,22,25). The van der Waals surface area contributed by atoms with Gasteiger partial charge in [0.15, 0.2) is 11.5 Å². The van der Waals surface area contributed by atoms with Gasteiger partial charge < -0.3 is 0 Å². The van der Waals surface area contributed by atoms with Crippen LogP contribution in [0.15, 0.2) is 24.8 Å². The van der Waals surface area contributed by atoms with Gasteiger partial charge in [-0.3, -0.25) is 14.5 Å². The van der Waals surface area contributed by atoms with Gasteiger partial charge in [-0.25, -0.2) is 14.4 Å². The topological polar surface area (TPSA) is 85.1 Å². The van der Waals surface area contributed by atoms with Crippen molar-refractivity contribution in [2.45, 2.75) is 38.5 Å². The Morgan fingerprint density at radius 3 is 2.96 bits per heavy atom. The first kappa shape index (κ1) is 15.6. The number of hydrogen-bond donors (Lipinski definition) is 1. The summed E-state index contributed by atoms with van der Waals surface area (Å²) in [5, 5.41) is 10.7. The molecule has 0 saturated heterocycles. The molecule has 3 heterocycles. The predicted molar refractivity (Wildman–Crippen MR) is 88.9 cm³/mol. The largest absolute Gasteiger partial charge is 0.290 e. The number of nitrogens with zero attached hydrogens (tertiary/aromatic N) is 5. The molecule has 1 amide bonds. The number of fused-ring (bicyclic) bond motifs is 3. The third-order valence-electron chi connectivity index (χ3n) is 4.61. The molecule has 4 rings (SSSR count). The SMILES string of the molecule is CCCC1CCc2c1cc(C(=O)Nc1ncc(F)cn1)c1nncn21. The van der Waals surface area contributed by atoms with E-state index in [0.717, 1.165) is 38.1 Å². The maximum absolute atomic E-state index is 12.9. The van der Waals surface area contributed by atoms with Gasteiger partial charge >= 0.3 is 0 Å². The zero-order valence-corrected chi connectivity index (χ0v) is 13.7. The van der Waals surface area contributed by atoms with Crippen LogP contribution in [0.25, 0.3) is 5.65 Å². The van der Waals surface area contributed by atoms with Crippen molar-refractivity contribution in [3.63, 3.8) is 0 Å². The number of carbonyl (C=O) groups is 1. The molecule has 0 fully saturated rings. The highest BCUT2D eigenvalue weighted by molar-refractivity contribution is 6.07. The minimum atomic E-state index is -0.558. The molecule has 1 unspecified atom stereocenters. The molecule has 1 atom stereocenters. The van der Waals surface area contributed by atoms with E-state index < -0.39 is 5.82 Å². The summed E-state index contributed by atoms with van der Waals surface area (Å²) < 4.78 is 14.8. The molecular formula is C17H17FN6O. The fraction of sp³-hybridized carbons (Fsp3) is 0.353. The van der Waals surface area contributed by atoms with Crippen molar-refractivity contribution >= 4 is 17.5 Å². The van der Waals surface area contributed by atoms with Crippen molar-refractivity contribution in [2.24, 2.45) is 0 Å². The maximum atomic E-state index is 12.9. The van der Waals surface area contributed by atoms with E-state index in [1.54, 1.807) is 6.33 Å². The van der Waals surface area contributed by atoms with Crippen LogP contribution in [0.1, 0.15) is 53.7 Å². The monoisotopic (exact) mass is 340 g/mol. The van der Waals surface area contributed by atoms with Gasteiger partial charge in [0.1, 0.15) is 6.33 Å². The Morgan fingerprint density at radius 2 is 2.20 bits per heavy atom. The Morgan fingerprint density at radius 1 is 1.40 bits per heavy atom. The first-order valence-electron chi connectivity index (χ1n) is 8.31. The average molecular weight is 340 g/mol. The predicted octanol–water partition coefficient (Wildman–Crippen LogP) is 2.74. The summed E-state index contributed by atoms with van der Waals surface area (Å²) >= 11 is 0. The lowest BCUT2D eigenvalue weighted by Gasteiger charge is -2.13. The van der Waals surface area contributed by atoms with E-state index in [0.29, 0.717) is 17.1 Å². The van der Waals surface area contributed by atoms with Crippen LogP contribution in [0.5, 0.6) is 0 Å². The van der Waals surface area contributed by atoms with Crippen LogP contribution in [0, 0.1) is 5.82 Å². The van der Waals surface area contributed by atoms with Crippen LogP contribution in [0.3, 0.4) is 0 Å². The molecule has 3 aromatic heterocycles. The first-order valence-corrected chi connectivity index (χ1v) is 8.31. The molecule has 128 valence electrons. The molecule has 0 aliphatic heterocycles. The zero-order valence-electron chi connectivity index (χ0n) is 13.7. The highest BCUT2D eigenvalue weighted by Crippen LogP contribution is 2.37. The van der Waals surface area contributed by atoms with E-state index in [1.807, 2.05) is 10.5 Å². The molecule has 3 aromatic rings. The lowest BCUT2D eigenvalue weighted by atomic mass is 9.96. The highest BCUT2D eigenvalue weighted by atomic mass is 19.1. The van der Waals surface area contributed by atoms with Gasteiger partial charge in [0, 0.05) is 5.69 Å². The third kappa shape index (κ3) is 2.73.